The summed E-state index contributed by atoms with van der Waals surface area (Å²) >= 11 is 1.01. The molecular weight excluding hydrogens is 383 g/mol. The minimum Gasteiger partial charge on any atom is -0.374 e. The molecule has 0 spiro atoms. The number of alkyl halides is 3. The number of rotatable bonds is 5. The summed E-state index contributed by atoms with van der Waals surface area (Å²) in [5, 5.41) is 20.7. The van der Waals surface area contributed by atoms with Crippen molar-refractivity contribution in [3.8, 4) is 10.6 Å². The highest BCUT2D eigenvalue weighted by molar-refractivity contribution is 7.18. The van der Waals surface area contributed by atoms with Crippen LogP contribution in [0.15, 0.2) is 42.7 Å². The van der Waals surface area contributed by atoms with Crippen molar-refractivity contribution in [2.75, 3.05) is 5.32 Å². The lowest BCUT2D eigenvalue weighted by Gasteiger charge is -2.29. The lowest BCUT2D eigenvalue weighted by molar-refractivity contribution is -0.270. The maximum Gasteiger partial charge on any atom is 0.425 e. The average molecular weight is 397 g/mol. The molecule has 0 bridgehead atoms. The van der Waals surface area contributed by atoms with E-state index in [1.54, 1.807) is 24.3 Å². The second-order valence-corrected chi connectivity index (χ2v) is 6.70. The summed E-state index contributed by atoms with van der Waals surface area (Å²) in [7, 11) is 1.30. The molecule has 0 radical (unpaired) electrons. The van der Waals surface area contributed by atoms with E-state index in [1.165, 1.54) is 13.2 Å². The van der Waals surface area contributed by atoms with Gasteiger partial charge in [-0.2, -0.15) is 13.2 Å². The summed E-state index contributed by atoms with van der Waals surface area (Å²) in [6, 6.07) is 8.99. The number of carbonyl (C=O) groups is 1. The molecule has 1 amide bonds. The molecule has 0 aliphatic carbocycles. The van der Waals surface area contributed by atoms with Crippen LogP contribution in [0.4, 0.5) is 18.3 Å². The SMILES string of the molecule is Cn1ccnc1C(O)(CC(=O)Nc1nnc(-c2ccccc2)s1)C(F)(F)F. The van der Waals surface area contributed by atoms with Gasteiger partial charge in [-0.15, -0.1) is 10.2 Å². The highest BCUT2D eigenvalue weighted by Crippen LogP contribution is 2.41. The minimum atomic E-state index is -5.10. The number of amides is 1. The largest absolute Gasteiger partial charge is 0.425 e. The number of benzene rings is 1. The van der Waals surface area contributed by atoms with Gasteiger partial charge in [0.05, 0.1) is 6.42 Å². The van der Waals surface area contributed by atoms with Crippen LogP contribution in [0.1, 0.15) is 12.2 Å². The van der Waals surface area contributed by atoms with E-state index >= 15 is 0 Å². The lowest BCUT2D eigenvalue weighted by Crippen LogP contribution is -2.46. The van der Waals surface area contributed by atoms with E-state index < -0.39 is 29.9 Å². The predicted molar refractivity (Wildman–Crippen MR) is 91.8 cm³/mol. The summed E-state index contributed by atoms with van der Waals surface area (Å²) in [6.45, 7) is 0. The Kier molecular flexibility index (Phi) is 4.98. The van der Waals surface area contributed by atoms with E-state index in [-0.39, 0.29) is 5.13 Å². The number of aliphatic hydroxyl groups is 1. The van der Waals surface area contributed by atoms with E-state index in [1.807, 2.05) is 6.07 Å². The maximum atomic E-state index is 13.5. The molecule has 0 saturated heterocycles. The van der Waals surface area contributed by atoms with E-state index in [2.05, 4.69) is 20.5 Å². The Morgan fingerprint density at radius 2 is 1.96 bits per heavy atom. The molecule has 0 aliphatic rings. The number of aromatic nitrogens is 4. The zero-order chi connectivity index (χ0) is 19.7. The topological polar surface area (TPSA) is 92.9 Å². The first kappa shape index (κ1) is 19.0. The molecule has 0 fully saturated rings. The van der Waals surface area contributed by atoms with Gasteiger partial charge < -0.3 is 15.0 Å². The van der Waals surface area contributed by atoms with Crippen LogP contribution in [0, 0.1) is 0 Å². The Morgan fingerprint density at radius 3 is 2.56 bits per heavy atom. The molecule has 142 valence electrons. The molecular formula is C16H14F3N5O2S. The Bertz CT molecular complexity index is 941. The van der Waals surface area contributed by atoms with Gasteiger partial charge in [0.25, 0.3) is 0 Å². The van der Waals surface area contributed by atoms with Crippen molar-refractivity contribution in [2.24, 2.45) is 7.05 Å². The van der Waals surface area contributed by atoms with E-state index in [0.29, 0.717) is 5.01 Å². The zero-order valence-corrected chi connectivity index (χ0v) is 14.8. The standard InChI is InChI=1S/C16H14F3N5O2S/c1-24-8-7-20-13(24)15(26,16(17,18)19)9-11(25)21-14-23-22-12(27-14)10-5-3-2-4-6-10/h2-8,26H,9H2,1H3,(H,21,23,25). The summed E-state index contributed by atoms with van der Waals surface area (Å²) < 4.78 is 41.4. The number of carbonyl (C=O) groups excluding carboxylic acids is 1. The van der Waals surface area contributed by atoms with Crippen molar-refractivity contribution < 1.29 is 23.1 Å². The van der Waals surface area contributed by atoms with Crippen molar-refractivity contribution in [3.63, 3.8) is 0 Å². The van der Waals surface area contributed by atoms with E-state index in [4.69, 9.17) is 0 Å². The monoisotopic (exact) mass is 397 g/mol. The highest BCUT2D eigenvalue weighted by Gasteiger charge is 2.58. The van der Waals surface area contributed by atoms with Crippen LogP contribution in [0.2, 0.25) is 0 Å². The van der Waals surface area contributed by atoms with Crippen molar-refractivity contribution >= 4 is 22.4 Å². The molecule has 1 atom stereocenters. The van der Waals surface area contributed by atoms with Crippen molar-refractivity contribution in [2.45, 2.75) is 18.2 Å². The van der Waals surface area contributed by atoms with Crippen LogP contribution in [0.25, 0.3) is 10.6 Å². The van der Waals surface area contributed by atoms with Gasteiger partial charge in [0.1, 0.15) is 5.01 Å². The molecule has 2 aromatic heterocycles. The predicted octanol–water partition coefficient (Wildman–Crippen LogP) is 2.72. The molecule has 2 heterocycles. The molecule has 1 aromatic carbocycles. The zero-order valence-electron chi connectivity index (χ0n) is 13.9. The third-order valence-electron chi connectivity index (χ3n) is 3.77. The van der Waals surface area contributed by atoms with E-state index in [0.717, 1.165) is 27.7 Å². The van der Waals surface area contributed by atoms with Gasteiger partial charge in [-0.05, 0) is 0 Å². The lowest BCUT2D eigenvalue weighted by atomic mass is 9.97. The normalized spacial score (nSPS) is 14.0. The first-order valence-electron chi connectivity index (χ1n) is 7.66. The maximum absolute atomic E-state index is 13.5. The number of imidazole rings is 1. The molecule has 11 heteroatoms. The number of nitrogens with one attached hydrogen (secondary N) is 1. The fourth-order valence-corrected chi connectivity index (χ4v) is 3.20. The molecule has 3 aromatic rings. The number of halogens is 3. The number of hydrogen-bond donors (Lipinski definition) is 2. The number of nitrogens with zero attached hydrogens (tertiary/aromatic N) is 4. The Morgan fingerprint density at radius 1 is 1.26 bits per heavy atom. The molecule has 2 N–H and O–H groups in total. The Labute approximate surface area is 155 Å². The molecule has 7 nitrogen and oxygen atoms in total. The number of aryl methyl sites for hydroxylation is 1. The second kappa shape index (κ2) is 7.08. The smallest absolute Gasteiger partial charge is 0.374 e. The van der Waals surface area contributed by atoms with Crippen molar-refractivity contribution in [1.29, 1.82) is 0 Å². The summed E-state index contributed by atoms with van der Waals surface area (Å²) in [4.78, 5) is 15.7. The molecule has 0 aliphatic heterocycles. The molecule has 1 unspecified atom stereocenters. The van der Waals surface area contributed by atoms with Crippen LogP contribution in [-0.2, 0) is 17.4 Å². The highest BCUT2D eigenvalue weighted by atomic mass is 32.1. The first-order chi connectivity index (χ1) is 12.7. The van der Waals surface area contributed by atoms with Crippen LogP contribution in [0.3, 0.4) is 0 Å². The van der Waals surface area contributed by atoms with Gasteiger partial charge in [-0.3, -0.25) is 4.79 Å². The minimum absolute atomic E-state index is 0.0308. The quantitative estimate of drug-likeness (QED) is 0.691. The van der Waals surface area contributed by atoms with Gasteiger partial charge in [0.2, 0.25) is 16.6 Å². The van der Waals surface area contributed by atoms with Crippen LogP contribution >= 0.6 is 11.3 Å². The summed E-state index contributed by atoms with van der Waals surface area (Å²) in [5.41, 5.74) is -2.67. The molecule has 0 saturated carbocycles. The van der Waals surface area contributed by atoms with Crippen LogP contribution in [0.5, 0.6) is 0 Å². The van der Waals surface area contributed by atoms with Crippen molar-refractivity contribution in [1.82, 2.24) is 19.7 Å². The van der Waals surface area contributed by atoms with Crippen LogP contribution in [-0.4, -0.2) is 36.9 Å². The second-order valence-electron chi connectivity index (χ2n) is 5.72. The summed E-state index contributed by atoms with van der Waals surface area (Å²) in [6.07, 6.45) is -4.00. The van der Waals surface area contributed by atoms with Gasteiger partial charge >= 0.3 is 6.18 Å². The third-order valence-corrected chi connectivity index (χ3v) is 4.66. The van der Waals surface area contributed by atoms with Gasteiger partial charge in [0.15, 0.2) is 5.82 Å². The Hall–Kier alpha value is -2.79. The molecule has 3 rings (SSSR count). The fraction of sp³-hybridized carbons (Fsp3) is 0.250. The average Bonchev–Trinajstić information content (AvgIpc) is 3.23. The number of hydrogen-bond acceptors (Lipinski definition) is 6. The fourth-order valence-electron chi connectivity index (χ4n) is 2.44. The summed E-state index contributed by atoms with van der Waals surface area (Å²) in [5.74, 6) is -1.74. The number of anilines is 1. The van der Waals surface area contributed by atoms with Crippen LogP contribution < -0.4 is 5.32 Å². The van der Waals surface area contributed by atoms with Gasteiger partial charge in [0, 0.05) is 25.0 Å². The third kappa shape index (κ3) is 3.83. The molecule has 27 heavy (non-hydrogen) atoms. The van der Waals surface area contributed by atoms with Crippen molar-refractivity contribution in [3.05, 3.63) is 48.5 Å². The first-order valence-corrected chi connectivity index (χ1v) is 8.48. The van der Waals surface area contributed by atoms with E-state index in [9.17, 15) is 23.1 Å². The van der Waals surface area contributed by atoms with Gasteiger partial charge in [-0.1, -0.05) is 41.7 Å². The van der Waals surface area contributed by atoms with Gasteiger partial charge in [-0.25, -0.2) is 4.98 Å². The Balaban J connectivity index is 1.78.